The van der Waals surface area contributed by atoms with E-state index in [1.807, 2.05) is 6.20 Å². The molecule has 3 rings (SSSR count). The molecular formula is C19H32N4O. The van der Waals surface area contributed by atoms with Crippen molar-refractivity contribution in [2.45, 2.75) is 77.9 Å². The third-order valence-corrected chi connectivity index (χ3v) is 5.83. The molecule has 1 aliphatic carbocycles. The van der Waals surface area contributed by atoms with Crippen molar-refractivity contribution < 1.29 is 4.79 Å². The molecule has 5 heteroatoms. The van der Waals surface area contributed by atoms with Crippen LogP contribution in [-0.4, -0.2) is 39.7 Å². The summed E-state index contributed by atoms with van der Waals surface area (Å²) in [4.78, 5) is 15.2. The highest BCUT2D eigenvalue weighted by molar-refractivity contribution is 5.79. The third-order valence-electron chi connectivity index (χ3n) is 5.83. The molecule has 2 atom stereocenters. The fourth-order valence-corrected chi connectivity index (χ4v) is 4.36. The Kier molecular flexibility index (Phi) is 5.93. The van der Waals surface area contributed by atoms with Gasteiger partial charge < -0.3 is 5.32 Å². The van der Waals surface area contributed by atoms with Gasteiger partial charge in [0.05, 0.1) is 12.1 Å². The highest BCUT2D eigenvalue weighted by Gasteiger charge is 2.36. The van der Waals surface area contributed by atoms with Crippen LogP contribution in [0.15, 0.2) is 6.20 Å². The molecule has 0 aromatic carbocycles. The number of hydrogen-bond donors (Lipinski definition) is 1. The second-order valence-corrected chi connectivity index (χ2v) is 7.35. The number of aromatic nitrogens is 2. The van der Waals surface area contributed by atoms with Gasteiger partial charge in [0.1, 0.15) is 0 Å². The van der Waals surface area contributed by atoms with Gasteiger partial charge in [-0.25, -0.2) is 0 Å². The maximum absolute atomic E-state index is 12.6. The lowest BCUT2D eigenvalue weighted by Crippen LogP contribution is -2.44. The van der Waals surface area contributed by atoms with Gasteiger partial charge in [-0.2, -0.15) is 5.10 Å². The van der Waals surface area contributed by atoms with Crippen LogP contribution in [0, 0.1) is 12.8 Å². The lowest BCUT2D eigenvalue weighted by molar-refractivity contribution is -0.126. The zero-order valence-electron chi connectivity index (χ0n) is 15.3. The summed E-state index contributed by atoms with van der Waals surface area (Å²) in [5.41, 5.74) is 2.59. The number of fused-ring (bicyclic) bond motifs is 1. The first-order chi connectivity index (χ1) is 11.7. The Balaban J connectivity index is 1.78. The van der Waals surface area contributed by atoms with E-state index in [0.717, 1.165) is 45.4 Å². The van der Waals surface area contributed by atoms with Crippen LogP contribution in [0.4, 0.5) is 0 Å². The first kappa shape index (κ1) is 17.5. The molecule has 0 spiro atoms. The maximum Gasteiger partial charge on any atom is 0.224 e. The van der Waals surface area contributed by atoms with Crippen LogP contribution in [0.1, 0.15) is 63.1 Å². The van der Waals surface area contributed by atoms with Crippen molar-refractivity contribution in [2.75, 3.05) is 13.1 Å². The summed E-state index contributed by atoms with van der Waals surface area (Å²) in [6.07, 6.45) is 10.2. The van der Waals surface area contributed by atoms with E-state index in [1.54, 1.807) is 0 Å². The van der Waals surface area contributed by atoms with Crippen molar-refractivity contribution in [3.63, 3.8) is 0 Å². The molecule has 1 aromatic rings. The minimum atomic E-state index is 0.171. The van der Waals surface area contributed by atoms with Gasteiger partial charge in [0.2, 0.25) is 5.91 Å². The molecule has 2 heterocycles. The number of carbonyl (C=O) groups excluding carboxylic acids is 1. The Bertz CT molecular complexity index is 554. The van der Waals surface area contributed by atoms with E-state index < -0.39 is 0 Å². The molecule has 1 N–H and O–H groups in total. The summed E-state index contributed by atoms with van der Waals surface area (Å²) in [7, 11) is 0. The Morgan fingerprint density at radius 3 is 2.83 bits per heavy atom. The first-order valence-corrected chi connectivity index (χ1v) is 9.73. The van der Waals surface area contributed by atoms with E-state index >= 15 is 0 Å². The molecule has 1 aliphatic heterocycles. The van der Waals surface area contributed by atoms with Crippen LogP contribution in [-0.2, 0) is 17.9 Å². The summed E-state index contributed by atoms with van der Waals surface area (Å²) >= 11 is 0. The molecule has 0 bridgehead atoms. The van der Waals surface area contributed by atoms with Crippen LogP contribution < -0.4 is 5.32 Å². The normalized spacial score (nSPS) is 26.7. The number of nitrogens with one attached hydrogen (secondary N) is 1. The van der Waals surface area contributed by atoms with Crippen LogP contribution >= 0.6 is 0 Å². The van der Waals surface area contributed by atoms with E-state index in [9.17, 15) is 4.79 Å². The van der Waals surface area contributed by atoms with Gasteiger partial charge in [-0.05, 0) is 46.1 Å². The molecule has 24 heavy (non-hydrogen) atoms. The Morgan fingerprint density at radius 1 is 1.21 bits per heavy atom. The maximum atomic E-state index is 12.6. The van der Waals surface area contributed by atoms with Crippen molar-refractivity contribution in [1.29, 1.82) is 0 Å². The van der Waals surface area contributed by atoms with Crippen LogP contribution in [0.2, 0.25) is 0 Å². The van der Waals surface area contributed by atoms with Gasteiger partial charge in [-0.1, -0.05) is 19.3 Å². The minimum absolute atomic E-state index is 0.171. The standard InChI is InChI=1S/C19H32N4O/c1-3-23-15(2)16(13-21-23)14-22-12-7-5-4-6-11-20-19(24)17-9-8-10-18(17)22/h13,17-18H,3-12,14H2,1-2H3,(H,20,24)/t17-,18+/m1/s1. The zero-order chi connectivity index (χ0) is 16.9. The van der Waals surface area contributed by atoms with Gasteiger partial charge in [0.15, 0.2) is 0 Å². The third kappa shape index (κ3) is 3.82. The fourth-order valence-electron chi connectivity index (χ4n) is 4.36. The van der Waals surface area contributed by atoms with Crippen molar-refractivity contribution in [3.8, 4) is 0 Å². The van der Waals surface area contributed by atoms with Gasteiger partial charge >= 0.3 is 0 Å². The van der Waals surface area contributed by atoms with Crippen LogP contribution in [0.25, 0.3) is 0 Å². The van der Waals surface area contributed by atoms with E-state index in [4.69, 9.17) is 0 Å². The van der Waals surface area contributed by atoms with E-state index in [1.165, 1.54) is 36.9 Å². The summed E-state index contributed by atoms with van der Waals surface area (Å²) in [5.74, 6) is 0.454. The molecule has 1 saturated carbocycles. The summed E-state index contributed by atoms with van der Waals surface area (Å²) < 4.78 is 2.07. The molecule has 134 valence electrons. The predicted octanol–water partition coefficient (Wildman–Crippen LogP) is 2.87. The number of rotatable bonds is 3. The predicted molar refractivity (Wildman–Crippen MR) is 95.7 cm³/mol. The Hall–Kier alpha value is -1.36. The molecule has 1 aromatic heterocycles. The van der Waals surface area contributed by atoms with Gasteiger partial charge in [0, 0.05) is 36.9 Å². The molecule has 2 aliphatic rings. The van der Waals surface area contributed by atoms with E-state index in [-0.39, 0.29) is 11.8 Å². The Morgan fingerprint density at radius 2 is 2.04 bits per heavy atom. The second-order valence-electron chi connectivity index (χ2n) is 7.35. The highest BCUT2D eigenvalue weighted by atomic mass is 16.1. The lowest BCUT2D eigenvalue weighted by Gasteiger charge is -2.32. The number of aryl methyl sites for hydroxylation is 1. The lowest BCUT2D eigenvalue weighted by atomic mass is 10.00. The van der Waals surface area contributed by atoms with E-state index in [2.05, 4.69) is 33.8 Å². The van der Waals surface area contributed by atoms with Gasteiger partial charge in [-0.15, -0.1) is 0 Å². The summed E-state index contributed by atoms with van der Waals surface area (Å²) in [6, 6.07) is 0.396. The van der Waals surface area contributed by atoms with Gasteiger partial charge in [-0.3, -0.25) is 14.4 Å². The number of amides is 1. The largest absolute Gasteiger partial charge is 0.356 e. The Labute approximate surface area is 145 Å². The van der Waals surface area contributed by atoms with Crippen molar-refractivity contribution in [3.05, 3.63) is 17.5 Å². The van der Waals surface area contributed by atoms with E-state index in [0.29, 0.717) is 6.04 Å². The molecule has 0 unspecified atom stereocenters. The number of nitrogens with zero attached hydrogens (tertiary/aromatic N) is 3. The minimum Gasteiger partial charge on any atom is -0.356 e. The molecular weight excluding hydrogens is 300 g/mol. The molecule has 1 amide bonds. The van der Waals surface area contributed by atoms with Crippen molar-refractivity contribution in [2.24, 2.45) is 5.92 Å². The molecule has 0 radical (unpaired) electrons. The van der Waals surface area contributed by atoms with Gasteiger partial charge in [0.25, 0.3) is 0 Å². The average molecular weight is 332 g/mol. The zero-order valence-corrected chi connectivity index (χ0v) is 15.3. The van der Waals surface area contributed by atoms with Crippen molar-refractivity contribution in [1.82, 2.24) is 20.0 Å². The summed E-state index contributed by atoms with van der Waals surface area (Å²) in [5, 5.41) is 7.68. The molecule has 5 nitrogen and oxygen atoms in total. The fraction of sp³-hybridized carbons (Fsp3) is 0.789. The number of carbonyl (C=O) groups is 1. The summed E-state index contributed by atoms with van der Waals surface area (Å²) in [6.45, 7) is 8.10. The first-order valence-electron chi connectivity index (χ1n) is 9.73. The monoisotopic (exact) mass is 332 g/mol. The van der Waals surface area contributed by atoms with Crippen molar-refractivity contribution >= 4 is 5.91 Å². The SMILES string of the molecule is CCn1ncc(CN2CCCCCCNC(=O)[C@@H]3CCC[C@@H]32)c1C. The number of hydrogen-bond acceptors (Lipinski definition) is 3. The van der Waals surface area contributed by atoms with Crippen LogP contribution in [0.5, 0.6) is 0 Å². The second kappa shape index (κ2) is 8.15. The molecule has 2 fully saturated rings. The highest BCUT2D eigenvalue weighted by Crippen LogP contribution is 2.32. The molecule has 1 saturated heterocycles. The smallest absolute Gasteiger partial charge is 0.224 e. The van der Waals surface area contributed by atoms with Crippen LogP contribution in [0.3, 0.4) is 0 Å². The quantitative estimate of drug-likeness (QED) is 0.926. The average Bonchev–Trinajstić information content (AvgIpc) is 3.19. The topological polar surface area (TPSA) is 50.2 Å².